The molecule has 0 radical (unpaired) electrons. The smallest absolute Gasteiger partial charge is 0.317 e. The number of aliphatic hydroxyl groups is 1. The molecular weight excluding hydrogens is 306 g/mol. The number of carbonyl (C=O) groups is 1. The van der Waals surface area contributed by atoms with Gasteiger partial charge in [0.15, 0.2) is 11.6 Å². The van der Waals surface area contributed by atoms with Gasteiger partial charge in [0.25, 0.3) is 0 Å². The minimum absolute atomic E-state index is 0.168. The van der Waals surface area contributed by atoms with Gasteiger partial charge in [-0.3, -0.25) is 0 Å². The van der Waals surface area contributed by atoms with Crippen molar-refractivity contribution < 1.29 is 23.4 Å². The summed E-state index contributed by atoms with van der Waals surface area (Å²) in [5.74, 6) is -1.43. The van der Waals surface area contributed by atoms with E-state index in [0.29, 0.717) is 13.1 Å². The van der Waals surface area contributed by atoms with Gasteiger partial charge in [-0.1, -0.05) is 0 Å². The number of halogens is 2. The van der Waals surface area contributed by atoms with E-state index >= 15 is 0 Å². The Morgan fingerprint density at radius 2 is 2.09 bits per heavy atom. The number of hydrogen-bond donors (Lipinski definition) is 2. The van der Waals surface area contributed by atoms with Crippen LogP contribution in [0.4, 0.5) is 13.6 Å². The number of nitrogens with one attached hydrogen (secondary N) is 1. The standard InChI is InChI=1S/C16H22F2N2O3/c1-11(21)12-4-7-20(8-5-12)16(22)19-6-9-23-13-2-3-14(17)15(18)10-13/h2-3,10-12,21H,4-9H2,1H3,(H,19,22). The summed E-state index contributed by atoms with van der Waals surface area (Å²) in [5, 5.41) is 12.3. The van der Waals surface area contributed by atoms with Crippen LogP contribution >= 0.6 is 0 Å². The molecule has 23 heavy (non-hydrogen) atoms. The molecule has 1 fully saturated rings. The van der Waals surface area contributed by atoms with E-state index in [-0.39, 0.29) is 37.0 Å². The highest BCUT2D eigenvalue weighted by atomic mass is 19.2. The lowest BCUT2D eigenvalue weighted by atomic mass is 9.92. The molecule has 0 saturated carbocycles. The number of aliphatic hydroxyl groups excluding tert-OH is 1. The lowest BCUT2D eigenvalue weighted by Crippen LogP contribution is -2.46. The average molecular weight is 328 g/mol. The van der Waals surface area contributed by atoms with Crippen LogP contribution in [-0.4, -0.2) is 48.4 Å². The zero-order chi connectivity index (χ0) is 16.8. The molecule has 7 heteroatoms. The second-order valence-electron chi connectivity index (χ2n) is 5.72. The lowest BCUT2D eigenvalue weighted by molar-refractivity contribution is 0.0797. The van der Waals surface area contributed by atoms with Gasteiger partial charge in [-0.15, -0.1) is 0 Å². The second-order valence-corrected chi connectivity index (χ2v) is 5.72. The van der Waals surface area contributed by atoms with Gasteiger partial charge in [-0.25, -0.2) is 13.6 Å². The molecule has 1 aromatic carbocycles. The molecule has 128 valence electrons. The number of likely N-dealkylation sites (tertiary alicyclic amines) is 1. The van der Waals surface area contributed by atoms with Crippen molar-refractivity contribution in [3.63, 3.8) is 0 Å². The lowest BCUT2D eigenvalue weighted by Gasteiger charge is -2.33. The number of rotatable bonds is 5. The molecule has 1 unspecified atom stereocenters. The fourth-order valence-electron chi connectivity index (χ4n) is 2.59. The molecule has 1 aliphatic rings. The minimum atomic E-state index is -0.965. The highest BCUT2D eigenvalue weighted by Crippen LogP contribution is 2.20. The summed E-state index contributed by atoms with van der Waals surface area (Å²) in [5.41, 5.74) is 0. The van der Waals surface area contributed by atoms with Gasteiger partial charge in [0.1, 0.15) is 12.4 Å². The normalized spacial score (nSPS) is 17.0. The molecule has 5 nitrogen and oxygen atoms in total. The first kappa shape index (κ1) is 17.5. The van der Waals surface area contributed by atoms with E-state index < -0.39 is 11.6 Å². The predicted molar refractivity (Wildman–Crippen MR) is 81.2 cm³/mol. The number of ether oxygens (including phenoxy) is 1. The van der Waals surface area contributed by atoms with Crippen molar-refractivity contribution in [1.82, 2.24) is 10.2 Å². The third-order valence-electron chi connectivity index (χ3n) is 4.05. The second kappa shape index (κ2) is 8.10. The number of urea groups is 1. The van der Waals surface area contributed by atoms with Crippen molar-refractivity contribution >= 4 is 6.03 Å². The molecule has 1 aliphatic heterocycles. The number of benzene rings is 1. The summed E-state index contributed by atoms with van der Waals surface area (Å²) in [6.07, 6.45) is 1.23. The fraction of sp³-hybridized carbons (Fsp3) is 0.562. The van der Waals surface area contributed by atoms with Crippen LogP contribution in [0.1, 0.15) is 19.8 Å². The Bertz CT molecular complexity index is 532. The fourth-order valence-corrected chi connectivity index (χ4v) is 2.59. The van der Waals surface area contributed by atoms with E-state index in [9.17, 15) is 18.7 Å². The number of hydrogen-bond acceptors (Lipinski definition) is 3. The summed E-state index contributed by atoms with van der Waals surface area (Å²) in [7, 11) is 0. The van der Waals surface area contributed by atoms with Crippen LogP contribution in [0.5, 0.6) is 5.75 Å². The SMILES string of the molecule is CC(O)C1CCN(C(=O)NCCOc2ccc(F)c(F)c2)CC1. The quantitative estimate of drug-likeness (QED) is 0.814. The molecule has 0 aromatic heterocycles. The summed E-state index contributed by atoms with van der Waals surface area (Å²) in [6, 6.07) is 3.12. The van der Waals surface area contributed by atoms with E-state index in [1.165, 1.54) is 6.07 Å². The topological polar surface area (TPSA) is 61.8 Å². The van der Waals surface area contributed by atoms with Crippen LogP contribution in [0.2, 0.25) is 0 Å². The molecule has 2 rings (SSSR count). The third-order valence-corrected chi connectivity index (χ3v) is 4.05. The van der Waals surface area contributed by atoms with Gasteiger partial charge < -0.3 is 20.1 Å². The Kier molecular flexibility index (Phi) is 6.15. The Morgan fingerprint density at radius 3 is 2.70 bits per heavy atom. The molecule has 1 heterocycles. The highest BCUT2D eigenvalue weighted by molar-refractivity contribution is 5.74. The maximum absolute atomic E-state index is 13.0. The number of nitrogens with zero attached hydrogens (tertiary/aromatic N) is 1. The van der Waals surface area contributed by atoms with Crippen molar-refractivity contribution in [2.45, 2.75) is 25.9 Å². The Balaban J connectivity index is 1.66. The number of piperidine rings is 1. The van der Waals surface area contributed by atoms with Gasteiger partial charge in [0, 0.05) is 19.2 Å². The summed E-state index contributed by atoms with van der Waals surface area (Å²) >= 11 is 0. The third kappa shape index (κ3) is 5.06. The van der Waals surface area contributed by atoms with Gasteiger partial charge in [0.2, 0.25) is 0 Å². The predicted octanol–water partition coefficient (Wildman–Crippen LogP) is 2.15. The highest BCUT2D eigenvalue weighted by Gasteiger charge is 2.25. The van der Waals surface area contributed by atoms with E-state index in [0.717, 1.165) is 25.0 Å². The van der Waals surface area contributed by atoms with Crippen LogP contribution in [0.15, 0.2) is 18.2 Å². The molecule has 0 aliphatic carbocycles. The van der Waals surface area contributed by atoms with Crippen LogP contribution in [0.25, 0.3) is 0 Å². The molecule has 2 N–H and O–H groups in total. The Morgan fingerprint density at radius 1 is 1.39 bits per heavy atom. The van der Waals surface area contributed by atoms with E-state index in [2.05, 4.69) is 5.32 Å². The van der Waals surface area contributed by atoms with E-state index in [1.54, 1.807) is 11.8 Å². The van der Waals surface area contributed by atoms with Crippen molar-refractivity contribution in [2.75, 3.05) is 26.2 Å². The van der Waals surface area contributed by atoms with Gasteiger partial charge >= 0.3 is 6.03 Å². The van der Waals surface area contributed by atoms with Crippen LogP contribution in [-0.2, 0) is 0 Å². The molecule has 1 saturated heterocycles. The van der Waals surface area contributed by atoms with E-state index in [4.69, 9.17) is 4.74 Å². The number of carbonyl (C=O) groups excluding carboxylic acids is 1. The van der Waals surface area contributed by atoms with Crippen molar-refractivity contribution in [1.29, 1.82) is 0 Å². The molecule has 1 atom stereocenters. The maximum atomic E-state index is 13.0. The Labute approximate surface area is 134 Å². The summed E-state index contributed by atoms with van der Waals surface area (Å²) in [6.45, 7) is 3.45. The molecular formula is C16H22F2N2O3. The first-order valence-corrected chi connectivity index (χ1v) is 7.76. The zero-order valence-corrected chi connectivity index (χ0v) is 13.1. The van der Waals surface area contributed by atoms with Crippen molar-refractivity contribution in [3.8, 4) is 5.75 Å². The molecule has 0 bridgehead atoms. The minimum Gasteiger partial charge on any atom is -0.492 e. The molecule has 0 spiro atoms. The first-order valence-electron chi connectivity index (χ1n) is 7.76. The van der Waals surface area contributed by atoms with Crippen molar-refractivity contribution in [2.24, 2.45) is 5.92 Å². The van der Waals surface area contributed by atoms with Crippen LogP contribution < -0.4 is 10.1 Å². The maximum Gasteiger partial charge on any atom is 0.317 e. The van der Waals surface area contributed by atoms with E-state index in [1.807, 2.05) is 0 Å². The van der Waals surface area contributed by atoms with Crippen molar-refractivity contribution in [3.05, 3.63) is 29.8 Å². The molecule has 2 amide bonds. The first-order chi connectivity index (χ1) is 11.0. The van der Waals surface area contributed by atoms with Crippen LogP contribution in [0, 0.1) is 17.6 Å². The Hall–Kier alpha value is -1.89. The number of amides is 2. The van der Waals surface area contributed by atoms with Gasteiger partial charge in [0.05, 0.1) is 12.6 Å². The van der Waals surface area contributed by atoms with Gasteiger partial charge in [-0.2, -0.15) is 0 Å². The zero-order valence-electron chi connectivity index (χ0n) is 13.1. The average Bonchev–Trinajstić information content (AvgIpc) is 2.54. The summed E-state index contributed by atoms with van der Waals surface area (Å²) < 4.78 is 31.0. The monoisotopic (exact) mass is 328 g/mol. The van der Waals surface area contributed by atoms with Gasteiger partial charge in [-0.05, 0) is 37.8 Å². The molecule has 1 aromatic rings. The van der Waals surface area contributed by atoms with Crippen LogP contribution in [0.3, 0.4) is 0 Å². The summed E-state index contributed by atoms with van der Waals surface area (Å²) in [4.78, 5) is 13.7. The largest absolute Gasteiger partial charge is 0.492 e.